The Morgan fingerprint density at radius 3 is 2.19 bits per heavy atom. The molecule has 0 aliphatic carbocycles. The van der Waals surface area contributed by atoms with E-state index in [0.717, 1.165) is 12.0 Å². The number of rotatable bonds is 5. The van der Waals surface area contributed by atoms with Gasteiger partial charge in [0.05, 0.1) is 4.90 Å². The highest BCUT2D eigenvalue weighted by molar-refractivity contribution is 7.89. The van der Waals surface area contributed by atoms with Crippen molar-refractivity contribution in [3.8, 4) is 0 Å². The van der Waals surface area contributed by atoms with E-state index in [0.29, 0.717) is 37.0 Å². The predicted molar refractivity (Wildman–Crippen MR) is 106 cm³/mol. The molecule has 6 heteroatoms. The zero-order valence-electron chi connectivity index (χ0n) is 15.8. The van der Waals surface area contributed by atoms with Crippen LogP contribution in [-0.2, 0) is 16.6 Å². The van der Waals surface area contributed by atoms with Gasteiger partial charge >= 0.3 is 0 Å². The van der Waals surface area contributed by atoms with E-state index in [1.165, 1.54) is 12.1 Å². The number of piperidine rings is 1. The Balaban J connectivity index is 1.68. The number of carbonyl (C=O) groups is 1. The van der Waals surface area contributed by atoms with Crippen molar-refractivity contribution in [3.63, 3.8) is 0 Å². The molecule has 1 heterocycles. The summed E-state index contributed by atoms with van der Waals surface area (Å²) in [5.41, 5.74) is 1.46. The number of sulfonamides is 1. The van der Waals surface area contributed by atoms with Gasteiger partial charge in [-0.25, -0.2) is 8.42 Å². The lowest BCUT2D eigenvalue weighted by Crippen LogP contribution is -2.42. The van der Waals surface area contributed by atoms with Gasteiger partial charge in [-0.15, -0.1) is 0 Å². The Morgan fingerprint density at radius 1 is 1.00 bits per heavy atom. The first-order valence-corrected chi connectivity index (χ1v) is 10.7. The summed E-state index contributed by atoms with van der Waals surface area (Å²) in [6, 6.07) is 15.8. The summed E-state index contributed by atoms with van der Waals surface area (Å²) in [7, 11) is -3.52. The second-order valence-corrected chi connectivity index (χ2v) is 9.40. The highest BCUT2D eigenvalue weighted by Crippen LogP contribution is 2.26. The summed E-state index contributed by atoms with van der Waals surface area (Å²) in [6.45, 7) is 5.69. The Kier molecular flexibility index (Phi) is 5.97. The Morgan fingerprint density at radius 2 is 1.59 bits per heavy atom. The Labute approximate surface area is 161 Å². The van der Waals surface area contributed by atoms with E-state index in [2.05, 4.69) is 19.2 Å². The number of nitrogens with zero attached hydrogens (tertiary/aromatic N) is 1. The van der Waals surface area contributed by atoms with Crippen molar-refractivity contribution in [1.82, 2.24) is 9.62 Å². The minimum Gasteiger partial charge on any atom is -0.348 e. The van der Waals surface area contributed by atoms with Crippen LogP contribution in [0.25, 0.3) is 0 Å². The molecule has 1 N–H and O–H groups in total. The molecule has 27 heavy (non-hydrogen) atoms. The molecule has 0 aromatic heterocycles. The number of amides is 1. The molecule has 1 fully saturated rings. The molecule has 2 atom stereocenters. The molecule has 0 unspecified atom stereocenters. The molecule has 5 nitrogen and oxygen atoms in total. The van der Waals surface area contributed by atoms with Gasteiger partial charge in [-0.2, -0.15) is 4.31 Å². The minimum absolute atomic E-state index is 0.219. The fraction of sp³-hybridized carbons (Fsp3) is 0.381. The normalized spacial score (nSPS) is 21.0. The van der Waals surface area contributed by atoms with Crippen molar-refractivity contribution in [2.45, 2.75) is 31.7 Å². The molecule has 2 aromatic carbocycles. The van der Waals surface area contributed by atoms with Gasteiger partial charge in [-0.3, -0.25) is 4.79 Å². The van der Waals surface area contributed by atoms with Crippen LogP contribution in [0.5, 0.6) is 0 Å². The Bertz CT molecular complexity index is 869. The summed E-state index contributed by atoms with van der Waals surface area (Å²) in [5.74, 6) is 0.487. The van der Waals surface area contributed by atoms with E-state index in [1.807, 2.05) is 30.3 Å². The van der Waals surface area contributed by atoms with Gasteiger partial charge in [-0.1, -0.05) is 44.2 Å². The molecular formula is C21H26N2O3S. The lowest BCUT2D eigenvalue weighted by molar-refractivity contribution is 0.0951. The van der Waals surface area contributed by atoms with Crippen molar-refractivity contribution in [1.29, 1.82) is 0 Å². The summed E-state index contributed by atoms with van der Waals surface area (Å²) in [4.78, 5) is 12.5. The van der Waals surface area contributed by atoms with Crippen molar-refractivity contribution in [2.75, 3.05) is 13.1 Å². The number of hydrogen-bond acceptors (Lipinski definition) is 3. The summed E-state index contributed by atoms with van der Waals surface area (Å²) >= 11 is 0. The first-order chi connectivity index (χ1) is 12.9. The third-order valence-corrected chi connectivity index (χ3v) is 6.73. The lowest BCUT2D eigenvalue weighted by atomic mass is 9.94. The van der Waals surface area contributed by atoms with E-state index in [9.17, 15) is 13.2 Å². The first-order valence-electron chi connectivity index (χ1n) is 9.28. The van der Waals surface area contributed by atoms with E-state index in [-0.39, 0.29) is 10.8 Å². The Hall–Kier alpha value is -2.18. The first kappa shape index (κ1) is 19.6. The van der Waals surface area contributed by atoms with E-state index >= 15 is 0 Å². The quantitative estimate of drug-likeness (QED) is 0.857. The van der Waals surface area contributed by atoms with Crippen LogP contribution in [0.4, 0.5) is 0 Å². The lowest BCUT2D eigenvalue weighted by Gasteiger charge is -2.34. The van der Waals surface area contributed by atoms with Gasteiger partial charge in [0, 0.05) is 25.2 Å². The number of hydrogen-bond donors (Lipinski definition) is 1. The van der Waals surface area contributed by atoms with Crippen molar-refractivity contribution in [2.24, 2.45) is 11.8 Å². The molecule has 1 amide bonds. The van der Waals surface area contributed by atoms with Crippen LogP contribution < -0.4 is 5.32 Å². The maximum absolute atomic E-state index is 12.9. The molecule has 0 radical (unpaired) electrons. The van der Waals surface area contributed by atoms with E-state index < -0.39 is 10.0 Å². The fourth-order valence-electron chi connectivity index (χ4n) is 3.61. The van der Waals surface area contributed by atoms with Crippen LogP contribution in [0, 0.1) is 11.8 Å². The number of nitrogens with one attached hydrogen (secondary N) is 1. The third kappa shape index (κ3) is 4.76. The number of benzene rings is 2. The zero-order valence-corrected chi connectivity index (χ0v) is 16.6. The molecule has 2 aromatic rings. The average molecular weight is 387 g/mol. The van der Waals surface area contributed by atoms with Gasteiger partial charge in [0.2, 0.25) is 10.0 Å². The van der Waals surface area contributed by atoms with Gasteiger partial charge in [-0.05, 0) is 48.1 Å². The van der Waals surface area contributed by atoms with Crippen LogP contribution in [0.15, 0.2) is 59.5 Å². The topological polar surface area (TPSA) is 66.5 Å². The van der Waals surface area contributed by atoms with Gasteiger partial charge in [0.1, 0.15) is 0 Å². The highest BCUT2D eigenvalue weighted by atomic mass is 32.2. The molecule has 1 saturated heterocycles. The molecular weight excluding hydrogens is 360 g/mol. The summed E-state index contributed by atoms with van der Waals surface area (Å²) in [6.07, 6.45) is 1.05. The summed E-state index contributed by atoms with van der Waals surface area (Å²) < 4.78 is 27.4. The average Bonchev–Trinajstić information content (AvgIpc) is 2.66. The monoisotopic (exact) mass is 386 g/mol. The van der Waals surface area contributed by atoms with Crippen molar-refractivity contribution >= 4 is 15.9 Å². The smallest absolute Gasteiger partial charge is 0.251 e. The maximum atomic E-state index is 12.9. The minimum atomic E-state index is -3.52. The van der Waals surface area contributed by atoms with Crippen LogP contribution in [-0.4, -0.2) is 31.7 Å². The molecule has 0 spiro atoms. The van der Waals surface area contributed by atoms with Gasteiger partial charge in [0.15, 0.2) is 0 Å². The highest BCUT2D eigenvalue weighted by Gasteiger charge is 2.31. The molecule has 0 bridgehead atoms. The molecule has 3 rings (SSSR count). The molecule has 0 saturated carbocycles. The van der Waals surface area contributed by atoms with Crippen LogP contribution in [0.3, 0.4) is 0 Å². The standard InChI is InChI=1S/C21H26N2O3S/c1-16-12-17(2)15-23(14-16)27(25,26)20-10-8-19(9-11-20)21(24)22-13-18-6-4-3-5-7-18/h3-11,16-17H,12-15H2,1-2H3,(H,22,24)/t16-,17-/m0/s1. The molecule has 1 aliphatic heterocycles. The van der Waals surface area contributed by atoms with Crippen LogP contribution >= 0.6 is 0 Å². The van der Waals surface area contributed by atoms with Gasteiger partial charge in [0.25, 0.3) is 5.91 Å². The summed E-state index contributed by atoms with van der Waals surface area (Å²) in [5, 5.41) is 2.85. The molecule has 144 valence electrons. The molecule has 1 aliphatic rings. The van der Waals surface area contributed by atoms with Gasteiger partial charge < -0.3 is 5.32 Å². The second-order valence-electron chi connectivity index (χ2n) is 7.46. The van der Waals surface area contributed by atoms with E-state index in [4.69, 9.17) is 0 Å². The number of carbonyl (C=O) groups excluding carboxylic acids is 1. The third-order valence-electron chi connectivity index (χ3n) is 4.89. The SMILES string of the molecule is C[C@H]1C[C@H](C)CN(S(=O)(=O)c2ccc(C(=O)NCc3ccccc3)cc2)C1. The van der Waals surface area contributed by atoms with Crippen molar-refractivity contribution < 1.29 is 13.2 Å². The van der Waals surface area contributed by atoms with Crippen molar-refractivity contribution in [3.05, 3.63) is 65.7 Å². The van der Waals surface area contributed by atoms with E-state index in [1.54, 1.807) is 16.4 Å². The van der Waals surface area contributed by atoms with Crippen LogP contribution in [0.2, 0.25) is 0 Å². The predicted octanol–water partition coefficient (Wildman–Crippen LogP) is 3.28. The van der Waals surface area contributed by atoms with Crippen LogP contribution in [0.1, 0.15) is 36.2 Å². The largest absolute Gasteiger partial charge is 0.348 e. The second kappa shape index (κ2) is 8.23. The fourth-order valence-corrected chi connectivity index (χ4v) is 5.29. The zero-order chi connectivity index (χ0) is 19.4. The maximum Gasteiger partial charge on any atom is 0.251 e.